The lowest BCUT2D eigenvalue weighted by Crippen LogP contribution is -2.15. The molecule has 3 aromatic rings. The second kappa shape index (κ2) is 5.76. The molecule has 0 aliphatic heterocycles. The maximum Gasteiger partial charge on any atom is 0.416 e. The average Bonchev–Trinajstić information content (AvgIpc) is 3.33. The lowest BCUT2D eigenvalue weighted by molar-refractivity contribution is -0.137. The van der Waals surface area contributed by atoms with E-state index in [0.29, 0.717) is 17.7 Å². The van der Waals surface area contributed by atoms with Crippen LogP contribution >= 0.6 is 0 Å². The standard InChI is InChI=1S/C18H14F3N3O2/c19-18(20,21)12-4-1-10(2-5-12)14-6-3-11(8-22-14)13-7-15(13)24-16(25)9-23-17(24)26/h1-6,8-9,13,15,25H,7H2,(H,23,26). The van der Waals surface area contributed by atoms with Crippen molar-refractivity contribution in [2.24, 2.45) is 0 Å². The van der Waals surface area contributed by atoms with Crippen molar-refractivity contribution in [3.05, 3.63) is 70.4 Å². The van der Waals surface area contributed by atoms with Crippen LogP contribution in [-0.4, -0.2) is 19.6 Å². The van der Waals surface area contributed by atoms with Gasteiger partial charge in [0, 0.05) is 23.7 Å². The number of halogens is 3. The molecule has 0 amide bonds. The Morgan fingerprint density at radius 1 is 1.15 bits per heavy atom. The minimum Gasteiger partial charge on any atom is -0.493 e. The van der Waals surface area contributed by atoms with Crippen molar-refractivity contribution in [1.29, 1.82) is 0 Å². The average molecular weight is 361 g/mol. The minimum absolute atomic E-state index is 0.0727. The molecule has 2 aromatic heterocycles. The highest BCUT2D eigenvalue weighted by molar-refractivity contribution is 5.59. The predicted molar refractivity (Wildman–Crippen MR) is 87.8 cm³/mol. The molecule has 0 bridgehead atoms. The molecule has 1 aliphatic rings. The first kappa shape index (κ1) is 16.4. The second-order valence-electron chi connectivity index (χ2n) is 6.28. The Labute approximate surface area is 145 Å². The van der Waals surface area contributed by atoms with Gasteiger partial charge in [0.05, 0.1) is 17.5 Å². The number of imidazole rings is 1. The Kier molecular flexibility index (Phi) is 3.64. The number of alkyl halides is 3. The maximum atomic E-state index is 12.6. The largest absolute Gasteiger partial charge is 0.493 e. The summed E-state index contributed by atoms with van der Waals surface area (Å²) in [4.78, 5) is 18.4. The van der Waals surface area contributed by atoms with Crippen LogP contribution in [-0.2, 0) is 6.18 Å². The molecular weight excluding hydrogens is 347 g/mol. The van der Waals surface area contributed by atoms with Gasteiger partial charge in [-0.2, -0.15) is 13.2 Å². The SMILES string of the molecule is O=c1[nH]cc(O)n1C1CC1c1ccc(-c2ccc(C(F)(F)F)cc2)nc1. The molecule has 134 valence electrons. The number of H-pyrrole nitrogens is 1. The molecule has 2 heterocycles. The van der Waals surface area contributed by atoms with Crippen LogP contribution in [0.3, 0.4) is 0 Å². The van der Waals surface area contributed by atoms with E-state index in [4.69, 9.17) is 0 Å². The van der Waals surface area contributed by atoms with Crippen LogP contribution in [0.5, 0.6) is 5.88 Å². The van der Waals surface area contributed by atoms with E-state index in [1.165, 1.54) is 22.9 Å². The van der Waals surface area contributed by atoms with Crippen LogP contribution in [0.15, 0.2) is 53.6 Å². The van der Waals surface area contributed by atoms with Gasteiger partial charge in [-0.1, -0.05) is 18.2 Å². The van der Waals surface area contributed by atoms with E-state index in [0.717, 1.165) is 17.7 Å². The first-order valence-corrected chi connectivity index (χ1v) is 7.97. The molecule has 1 aliphatic carbocycles. The van der Waals surface area contributed by atoms with Crippen LogP contribution in [0.25, 0.3) is 11.3 Å². The zero-order chi connectivity index (χ0) is 18.5. The van der Waals surface area contributed by atoms with Crippen molar-refractivity contribution in [1.82, 2.24) is 14.5 Å². The molecule has 2 atom stereocenters. The molecule has 0 saturated heterocycles. The van der Waals surface area contributed by atoms with Gasteiger partial charge in [-0.05, 0) is 30.2 Å². The van der Waals surface area contributed by atoms with E-state index < -0.39 is 11.7 Å². The quantitative estimate of drug-likeness (QED) is 0.747. The van der Waals surface area contributed by atoms with Crippen molar-refractivity contribution >= 4 is 0 Å². The topological polar surface area (TPSA) is 70.9 Å². The van der Waals surface area contributed by atoms with Gasteiger partial charge in [-0.15, -0.1) is 0 Å². The summed E-state index contributed by atoms with van der Waals surface area (Å²) in [5, 5.41) is 9.71. The Hall–Kier alpha value is -3.03. The highest BCUT2D eigenvalue weighted by atomic mass is 19.4. The number of aromatic nitrogens is 3. The smallest absolute Gasteiger partial charge is 0.416 e. The van der Waals surface area contributed by atoms with E-state index in [2.05, 4.69) is 9.97 Å². The van der Waals surface area contributed by atoms with Gasteiger partial charge in [-0.3, -0.25) is 9.55 Å². The van der Waals surface area contributed by atoms with E-state index in [1.54, 1.807) is 12.3 Å². The van der Waals surface area contributed by atoms with Crippen LogP contribution in [0.1, 0.15) is 29.5 Å². The number of pyridine rings is 1. The lowest BCUT2D eigenvalue weighted by atomic mass is 10.1. The Bertz CT molecular complexity index is 988. The van der Waals surface area contributed by atoms with E-state index in [1.807, 2.05) is 6.07 Å². The number of aromatic amines is 1. The Morgan fingerprint density at radius 3 is 2.42 bits per heavy atom. The molecule has 1 saturated carbocycles. The third-order valence-corrected chi connectivity index (χ3v) is 4.60. The van der Waals surface area contributed by atoms with E-state index >= 15 is 0 Å². The van der Waals surface area contributed by atoms with Crippen molar-refractivity contribution < 1.29 is 18.3 Å². The molecule has 8 heteroatoms. The zero-order valence-corrected chi connectivity index (χ0v) is 13.4. The van der Waals surface area contributed by atoms with Crippen molar-refractivity contribution in [3.63, 3.8) is 0 Å². The van der Waals surface area contributed by atoms with Crippen LogP contribution in [0.4, 0.5) is 13.2 Å². The van der Waals surface area contributed by atoms with Crippen LogP contribution < -0.4 is 5.69 Å². The first-order chi connectivity index (χ1) is 12.3. The monoisotopic (exact) mass is 361 g/mol. The number of hydrogen-bond acceptors (Lipinski definition) is 3. The van der Waals surface area contributed by atoms with Crippen molar-refractivity contribution in [2.75, 3.05) is 0 Å². The minimum atomic E-state index is -4.36. The first-order valence-electron chi connectivity index (χ1n) is 7.97. The van der Waals surface area contributed by atoms with Gasteiger partial charge >= 0.3 is 11.9 Å². The normalized spacial score (nSPS) is 19.5. The third kappa shape index (κ3) is 2.87. The molecule has 2 unspecified atom stereocenters. The summed E-state index contributed by atoms with van der Waals surface area (Å²) in [6.45, 7) is 0. The number of nitrogens with zero attached hydrogens (tertiary/aromatic N) is 2. The van der Waals surface area contributed by atoms with Crippen LogP contribution in [0.2, 0.25) is 0 Å². The zero-order valence-electron chi connectivity index (χ0n) is 13.4. The summed E-state index contributed by atoms with van der Waals surface area (Å²) in [5.41, 5.74) is 1.02. The molecule has 0 radical (unpaired) electrons. The molecule has 1 aromatic carbocycles. The fourth-order valence-corrected chi connectivity index (χ4v) is 3.14. The number of nitrogens with one attached hydrogen (secondary N) is 1. The number of benzene rings is 1. The van der Waals surface area contributed by atoms with Gasteiger partial charge in [-0.25, -0.2) is 4.79 Å². The van der Waals surface area contributed by atoms with Crippen molar-refractivity contribution in [3.8, 4) is 17.1 Å². The number of aromatic hydroxyl groups is 1. The fourth-order valence-electron chi connectivity index (χ4n) is 3.14. The predicted octanol–water partition coefficient (Wildman–Crippen LogP) is 3.69. The maximum absolute atomic E-state index is 12.6. The molecular formula is C18H14F3N3O2. The van der Waals surface area contributed by atoms with Gasteiger partial charge in [0.15, 0.2) is 0 Å². The summed E-state index contributed by atoms with van der Waals surface area (Å²) in [5.74, 6) is -0.0274. The molecule has 5 nitrogen and oxygen atoms in total. The summed E-state index contributed by atoms with van der Waals surface area (Å²) >= 11 is 0. The van der Waals surface area contributed by atoms with E-state index in [9.17, 15) is 23.1 Å². The second-order valence-corrected chi connectivity index (χ2v) is 6.28. The lowest BCUT2D eigenvalue weighted by Gasteiger charge is -2.08. The summed E-state index contributed by atoms with van der Waals surface area (Å²) in [6.07, 6.45) is -0.735. The van der Waals surface area contributed by atoms with Crippen LogP contribution in [0, 0.1) is 0 Å². The Balaban J connectivity index is 1.52. The molecule has 4 rings (SSSR count). The number of rotatable bonds is 3. The highest BCUT2D eigenvalue weighted by Gasteiger charge is 2.42. The molecule has 26 heavy (non-hydrogen) atoms. The third-order valence-electron chi connectivity index (χ3n) is 4.60. The summed E-state index contributed by atoms with van der Waals surface area (Å²) in [6, 6.07) is 8.32. The number of hydrogen-bond donors (Lipinski definition) is 2. The van der Waals surface area contributed by atoms with Gasteiger partial charge in [0.25, 0.3) is 0 Å². The van der Waals surface area contributed by atoms with E-state index in [-0.39, 0.29) is 23.5 Å². The highest BCUT2D eigenvalue weighted by Crippen LogP contribution is 2.51. The summed E-state index contributed by atoms with van der Waals surface area (Å²) in [7, 11) is 0. The Morgan fingerprint density at radius 2 is 1.88 bits per heavy atom. The van der Waals surface area contributed by atoms with Gasteiger partial charge < -0.3 is 10.1 Å². The molecule has 2 N–H and O–H groups in total. The fraction of sp³-hybridized carbons (Fsp3) is 0.222. The van der Waals surface area contributed by atoms with Gasteiger partial charge in [0.2, 0.25) is 5.88 Å². The summed E-state index contributed by atoms with van der Waals surface area (Å²) < 4.78 is 39.2. The van der Waals surface area contributed by atoms with Gasteiger partial charge in [0.1, 0.15) is 0 Å². The molecule has 0 spiro atoms. The molecule has 1 fully saturated rings. The van der Waals surface area contributed by atoms with Crippen molar-refractivity contribution in [2.45, 2.75) is 24.6 Å².